The van der Waals surface area contributed by atoms with Gasteiger partial charge in [-0.1, -0.05) is 79.0 Å². The van der Waals surface area contributed by atoms with Gasteiger partial charge in [-0.25, -0.2) is 0 Å². The van der Waals surface area contributed by atoms with Gasteiger partial charge >= 0.3 is 0 Å². The predicted octanol–water partition coefficient (Wildman–Crippen LogP) is 5.80. The quantitative estimate of drug-likeness (QED) is 0.189. The van der Waals surface area contributed by atoms with Crippen LogP contribution in [0.1, 0.15) is 45.4 Å². The van der Waals surface area contributed by atoms with E-state index in [9.17, 15) is 4.79 Å². The average molecular weight is 459 g/mol. The Morgan fingerprint density at radius 2 is 1.69 bits per heavy atom. The monoisotopic (exact) mass is 457 g/mol. The van der Waals surface area contributed by atoms with Crippen molar-refractivity contribution in [1.29, 1.82) is 0 Å². The van der Waals surface area contributed by atoms with Crippen LogP contribution >= 0.6 is 58.6 Å². The lowest BCUT2D eigenvalue weighted by Crippen LogP contribution is -2.56. The molecule has 0 bridgehead atoms. The molecule has 146 valence electrons. The van der Waals surface area contributed by atoms with Crippen LogP contribution in [0.15, 0.2) is 24.3 Å². The Kier molecular flexibility index (Phi) is 11.0. The Morgan fingerprint density at radius 1 is 1.08 bits per heavy atom. The van der Waals surface area contributed by atoms with Crippen LogP contribution in [0.3, 0.4) is 0 Å². The van der Waals surface area contributed by atoms with Gasteiger partial charge in [-0.3, -0.25) is 4.79 Å². The van der Waals surface area contributed by atoms with E-state index < -0.39 is 9.96 Å². The van der Waals surface area contributed by atoms with E-state index in [4.69, 9.17) is 58.6 Å². The third kappa shape index (κ3) is 10.0. The number of carbonyl (C=O) groups is 1. The molecule has 9 heteroatoms. The fourth-order valence-electron chi connectivity index (χ4n) is 2.15. The molecule has 26 heavy (non-hydrogen) atoms. The van der Waals surface area contributed by atoms with Crippen molar-refractivity contribution in [2.75, 3.05) is 5.32 Å². The number of alkyl halides is 3. The van der Waals surface area contributed by atoms with Gasteiger partial charge in [0.25, 0.3) is 0 Å². The van der Waals surface area contributed by atoms with Crippen molar-refractivity contribution in [2.24, 2.45) is 0 Å². The van der Waals surface area contributed by atoms with Gasteiger partial charge in [-0.05, 0) is 42.9 Å². The molecule has 1 rings (SSSR count). The number of anilines is 1. The fraction of sp³-hybridized carbons (Fsp3) is 0.529. The Morgan fingerprint density at radius 3 is 2.27 bits per heavy atom. The van der Waals surface area contributed by atoms with Gasteiger partial charge in [0.2, 0.25) is 9.70 Å². The Bertz CT molecular complexity index is 578. The van der Waals surface area contributed by atoms with Crippen molar-refractivity contribution in [1.82, 2.24) is 10.6 Å². The minimum Gasteiger partial charge on any atom is -0.339 e. The molecule has 0 unspecified atom stereocenters. The maximum absolute atomic E-state index is 12.1. The zero-order valence-corrected chi connectivity index (χ0v) is 18.3. The van der Waals surface area contributed by atoms with Gasteiger partial charge < -0.3 is 16.0 Å². The van der Waals surface area contributed by atoms with E-state index in [2.05, 4.69) is 22.9 Å². The average Bonchev–Trinajstić information content (AvgIpc) is 2.55. The summed E-state index contributed by atoms with van der Waals surface area (Å²) in [7, 11) is 0. The predicted molar refractivity (Wildman–Crippen MR) is 116 cm³/mol. The molecular formula is C17H23Cl4N3OS. The molecular weight excluding hydrogens is 436 g/mol. The summed E-state index contributed by atoms with van der Waals surface area (Å²) in [6.45, 7) is 2.14. The lowest BCUT2D eigenvalue weighted by Gasteiger charge is -2.27. The molecule has 0 fully saturated rings. The second-order valence-electron chi connectivity index (χ2n) is 5.81. The summed E-state index contributed by atoms with van der Waals surface area (Å²) >= 11 is 29.0. The molecule has 0 aliphatic heterocycles. The van der Waals surface area contributed by atoms with E-state index in [1.54, 1.807) is 24.3 Å². The molecule has 1 aromatic carbocycles. The van der Waals surface area contributed by atoms with Crippen LogP contribution in [0.4, 0.5) is 5.69 Å². The summed E-state index contributed by atoms with van der Waals surface area (Å²) in [5, 5.41) is 9.27. The first-order valence-electron chi connectivity index (χ1n) is 8.41. The molecule has 3 N–H and O–H groups in total. The number of hydrogen-bond donors (Lipinski definition) is 3. The first kappa shape index (κ1) is 23.6. The Labute approximate surface area is 180 Å². The number of benzene rings is 1. The van der Waals surface area contributed by atoms with Gasteiger partial charge in [-0.15, -0.1) is 0 Å². The molecule has 0 saturated heterocycles. The van der Waals surface area contributed by atoms with E-state index in [0.29, 0.717) is 11.4 Å². The lowest BCUT2D eigenvalue weighted by molar-refractivity contribution is -0.122. The van der Waals surface area contributed by atoms with Crippen LogP contribution in [0, 0.1) is 0 Å². The molecule has 0 saturated carbocycles. The van der Waals surface area contributed by atoms with E-state index in [1.165, 1.54) is 6.42 Å². The molecule has 0 radical (unpaired) electrons. The van der Waals surface area contributed by atoms with Crippen LogP contribution < -0.4 is 16.0 Å². The maximum Gasteiger partial charge on any atom is 0.228 e. The zero-order valence-electron chi connectivity index (χ0n) is 14.5. The summed E-state index contributed by atoms with van der Waals surface area (Å²) in [4.78, 5) is 12.1. The summed E-state index contributed by atoms with van der Waals surface area (Å²) in [6.07, 6.45) is 4.66. The summed E-state index contributed by atoms with van der Waals surface area (Å²) in [5.41, 5.74) is 0.720. The number of thiocarbonyl (C=S) groups is 1. The smallest absolute Gasteiger partial charge is 0.228 e. The van der Waals surface area contributed by atoms with Gasteiger partial charge in [0.05, 0.1) is 0 Å². The number of nitrogens with one attached hydrogen (secondary N) is 3. The highest BCUT2D eigenvalue weighted by Crippen LogP contribution is 2.29. The maximum atomic E-state index is 12.1. The third-order valence-corrected chi connectivity index (χ3v) is 4.64. The van der Waals surface area contributed by atoms with E-state index in [-0.39, 0.29) is 11.0 Å². The van der Waals surface area contributed by atoms with Crippen molar-refractivity contribution in [3.05, 3.63) is 29.3 Å². The number of halogens is 4. The summed E-state index contributed by atoms with van der Waals surface area (Å²) in [6, 6.07) is 6.96. The van der Waals surface area contributed by atoms with Gasteiger partial charge in [0.1, 0.15) is 6.17 Å². The van der Waals surface area contributed by atoms with Gasteiger partial charge in [-0.2, -0.15) is 0 Å². The highest BCUT2D eigenvalue weighted by Gasteiger charge is 2.34. The minimum absolute atomic E-state index is 0.195. The first-order chi connectivity index (χ1) is 12.2. The van der Waals surface area contributed by atoms with Crippen LogP contribution in [-0.4, -0.2) is 21.0 Å². The molecule has 1 atom stereocenters. The highest BCUT2D eigenvalue weighted by molar-refractivity contribution is 7.80. The minimum atomic E-state index is -1.76. The lowest BCUT2D eigenvalue weighted by atomic mass is 10.1. The van der Waals surface area contributed by atoms with Gasteiger partial charge in [0.15, 0.2) is 5.11 Å². The summed E-state index contributed by atoms with van der Waals surface area (Å²) < 4.78 is -1.76. The molecule has 0 heterocycles. The number of rotatable bonds is 9. The SMILES string of the molecule is CCCCCCCC(=O)N[C@H](NC(=S)Nc1ccc(Cl)cc1)C(Cl)(Cl)Cl. The number of amides is 1. The van der Waals surface area contributed by atoms with Crippen LogP contribution in [0.25, 0.3) is 0 Å². The van der Waals surface area contributed by atoms with Crippen LogP contribution in [0.2, 0.25) is 5.02 Å². The second kappa shape index (κ2) is 12.1. The summed E-state index contributed by atoms with van der Waals surface area (Å²) in [5.74, 6) is -0.195. The number of unbranched alkanes of at least 4 members (excludes halogenated alkanes) is 4. The number of hydrogen-bond acceptors (Lipinski definition) is 2. The highest BCUT2D eigenvalue weighted by atomic mass is 35.6. The molecule has 0 aliphatic carbocycles. The molecule has 4 nitrogen and oxygen atoms in total. The van der Waals surface area contributed by atoms with Crippen LogP contribution in [-0.2, 0) is 4.79 Å². The van der Waals surface area contributed by atoms with Crippen molar-refractivity contribution in [3.8, 4) is 0 Å². The number of carbonyl (C=O) groups excluding carboxylic acids is 1. The molecule has 0 aliphatic rings. The standard InChI is InChI=1S/C17H23Cl4N3OS/c1-2-3-4-5-6-7-14(25)23-15(17(19,20)21)24-16(26)22-13-10-8-12(18)9-11-13/h8-11,15H,2-7H2,1H3,(H,23,25)(H2,22,24,26)/t15-/m1/s1. The van der Waals surface area contributed by atoms with E-state index >= 15 is 0 Å². The Hall–Kier alpha value is -0.460. The second-order valence-corrected chi connectivity index (χ2v) is 9.03. The van der Waals surface area contributed by atoms with Crippen molar-refractivity contribution >= 4 is 75.3 Å². The Balaban J connectivity index is 2.51. The molecule has 1 amide bonds. The van der Waals surface area contributed by atoms with E-state index in [0.717, 1.165) is 31.4 Å². The van der Waals surface area contributed by atoms with E-state index in [1.807, 2.05) is 0 Å². The first-order valence-corrected chi connectivity index (χ1v) is 10.3. The normalized spacial score (nSPS) is 12.3. The van der Waals surface area contributed by atoms with Crippen molar-refractivity contribution < 1.29 is 4.79 Å². The fourth-order valence-corrected chi connectivity index (χ4v) is 2.84. The van der Waals surface area contributed by atoms with Crippen LogP contribution in [0.5, 0.6) is 0 Å². The molecule has 0 aromatic heterocycles. The molecule has 1 aromatic rings. The third-order valence-electron chi connectivity index (χ3n) is 3.52. The largest absolute Gasteiger partial charge is 0.339 e. The topological polar surface area (TPSA) is 53.2 Å². The van der Waals surface area contributed by atoms with Crippen molar-refractivity contribution in [2.45, 2.75) is 55.4 Å². The molecule has 0 spiro atoms. The van der Waals surface area contributed by atoms with Gasteiger partial charge in [0, 0.05) is 17.1 Å². The zero-order chi connectivity index (χ0) is 19.6. The van der Waals surface area contributed by atoms with Crippen molar-refractivity contribution in [3.63, 3.8) is 0 Å².